The van der Waals surface area contributed by atoms with Crippen molar-refractivity contribution in [2.75, 3.05) is 0 Å². The SMILES string of the molecule is CC(C(=O)NN)(C(F)(F)F)C(F)(F)F. The van der Waals surface area contributed by atoms with Crippen LogP contribution in [0.5, 0.6) is 0 Å². The Morgan fingerprint density at radius 3 is 1.43 bits per heavy atom. The van der Waals surface area contributed by atoms with E-state index in [0.29, 0.717) is 0 Å². The first kappa shape index (κ1) is 13.0. The van der Waals surface area contributed by atoms with Gasteiger partial charge in [0.2, 0.25) is 5.41 Å². The quantitative estimate of drug-likeness (QED) is 0.303. The number of halogens is 6. The number of carbonyl (C=O) groups excluding carboxylic acids is 1. The molecule has 0 unspecified atom stereocenters. The van der Waals surface area contributed by atoms with E-state index in [0.717, 1.165) is 5.43 Å². The number of nitrogens with one attached hydrogen (secondary N) is 1. The molecule has 0 heterocycles. The van der Waals surface area contributed by atoms with Gasteiger partial charge in [-0.3, -0.25) is 10.2 Å². The summed E-state index contributed by atoms with van der Waals surface area (Å²) in [6.07, 6.45) is -11.5. The molecule has 0 saturated carbocycles. The number of alkyl halides is 6. The molecule has 3 N–H and O–H groups in total. The third kappa shape index (κ3) is 1.76. The lowest BCUT2D eigenvalue weighted by atomic mass is 9.88. The Hall–Kier alpha value is -0.990. The first-order valence-corrected chi connectivity index (χ1v) is 3.13. The van der Waals surface area contributed by atoms with E-state index in [9.17, 15) is 31.1 Å². The van der Waals surface area contributed by atoms with Crippen LogP contribution in [0.3, 0.4) is 0 Å². The summed E-state index contributed by atoms with van der Waals surface area (Å²) in [5, 5.41) is 0. The Bertz CT molecular complexity index is 217. The summed E-state index contributed by atoms with van der Waals surface area (Å²) in [7, 11) is 0. The first-order valence-electron chi connectivity index (χ1n) is 3.13. The maximum atomic E-state index is 12.0. The van der Waals surface area contributed by atoms with Gasteiger partial charge in [0.1, 0.15) is 0 Å². The largest absolute Gasteiger partial charge is 0.411 e. The number of hydrogen-bond donors (Lipinski definition) is 2. The average molecular weight is 224 g/mol. The van der Waals surface area contributed by atoms with Gasteiger partial charge in [-0.1, -0.05) is 0 Å². The Balaban J connectivity index is 5.40. The van der Waals surface area contributed by atoms with Crippen LogP contribution in [0.15, 0.2) is 0 Å². The van der Waals surface area contributed by atoms with Crippen molar-refractivity contribution in [3.8, 4) is 0 Å². The smallest absolute Gasteiger partial charge is 0.293 e. The van der Waals surface area contributed by atoms with Crippen molar-refractivity contribution < 1.29 is 31.1 Å². The molecule has 0 aliphatic carbocycles. The van der Waals surface area contributed by atoms with Crippen molar-refractivity contribution >= 4 is 5.91 Å². The van der Waals surface area contributed by atoms with Crippen LogP contribution in [-0.4, -0.2) is 18.3 Å². The van der Waals surface area contributed by atoms with Crippen molar-refractivity contribution in [3.05, 3.63) is 0 Å². The van der Waals surface area contributed by atoms with E-state index in [1.54, 1.807) is 0 Å². The van der Waals surface area contributed by atoms with Gasteiger partial charge < -0.3 is 0 Å². The fourth-order valence-corrected chi connectivity index (χ4v) is 0.563. The molecule has 3 nitrogen and oxygen atoms in total. The van der Waals surface area contributed by atoms with Crippen LogP contribution < -0.4 is 11.3 Å². The van der Waals surface area contributed by atoms with Crippen molar-refractivity contribution in [2.24, 2.45) is 11.3 Å². The standard InChI is InChI=1S/C5H6F6N2O/c1-3(2(14)13-12,4(6,7)8)5(9,10)11/h12H2,1H3,(H,13,14). The predicted molar refractivity (Wildman–Crippen MR) is 32.5 cm³/mol. The molecule has 0 rings (SSSR count). The molecule has 0 aromatic carbocycles. The second-order valence-electron chi connectivity index (χ2n) is 2.59. The fourth-order valence-electron chi connectivity index (χ4n) is 0.563. The third-order valence-electron chi connectivity index (χ3n) is 1.72. The van der Waals surface area contributed by atoms with E-state index in [4.69, 9.17) is 0 Å². The lowest BCUT2D eigenvalue weighted by molar-refractivity contribution is -0.319. The van der Waals surface area contributed by atoms with Crippen LogP contribution in [-0.2, 0) is 4.79 Å². The topological polar surface area (TPSA) is 55.1 Å². The number of nitrogens with two attached hydrogens (primary N) is 1. The molecule has 0 aromatic heterocycles. The zero-order valence-corrected chi connectivity index (χ0v) is 6.75. The summed E-state index contributed by atoms with van der Waals surface area (Å²) in [5.74, 6) is 1.90. The van der Waals surface area contributed by atoms with Gasteiger partial charge in [0.05, 0.1) is 0 Å². The highest BCUT2D eigenvalue weighted by molar-refractivity contribution is 5.83. The molecule has 0 aliphatic rings. The summed E-state index contributed by atoms with van der Waals surface area (Å²) in [6.45, 7) is -0.283. The molecule has 84 valence electrons. The monoisotopic (exact) mass is 224 g/mol. The fraction of sp³-hybridized carbons (Fsp3) is 0.800. The van der Waals surface area contributed by atoms with Gasteiger partial charge in [-0.05, 0) is 6.92 Å². The number of hydrogen-bond acceptors (Lipinski definition) is 2. The van der Waals surface area contributed by atoms with E-state index < -0.39 is 23.7 Å². The molecule has 0 aromatic rings. The Kier molecular flexibility index (Phi) is 3.06. The van der Waals surface area contributed by atoms with Crippen LogP contribution in [0.4, 0.5) is 26.3 Å². The van der Waals surface area contributed by atoms with Crippen LogP contribution in [0.2, 0.25) is 0 Å². The highest BCUT2D eigenvalue weighted by Gasteiger charge is 2.72. The Morgan fingerprint density at radius 1 is 1.07 bits per heavy atom. The maximum Gasteiger partial charge on any atom is 0.411 e. The predicted octanol–water partition coefficient (Wildman–Crippen LogP) is 1.11. The molecular weight excluding hydrogens is 218 g/mol. The van der Waals surface area contributed by atoms with Gasteiger partial charge in [-0.2, -0.15) is 26.3 Å². The summed E-state index contributed by atoms with van der Waals surface area (Å²) in [4.78, 5) is 10.5. The molecule has 0 aliphatic heterocycles. The highest BCUT2D eigenvalue weighted by Crippen LogP contribution is 2.49. The van der Waals surface area contributed by atoms with Crippen molar-refractivity contribution in [2.45, 2.75) is 19.3 Å². The average Bonchev–Trinajstić information content (AvgIpc) is 1.97. The second-order valence-corrected chi connectivity index (χ2v) is 2.59. The number of hydrazine groups is 1. The lowest BCUT2D eigenvalue weighted by Crippen LogP contribution is -2.58. The third-order valence-corrected chi connectivity index (χ3v) is 1.72. The van der Waals surface area contributed by atoms with Gasteiger partial charge in [-0.25, -0.2) is 5.84 Å². The zero-order valence-electron chi connectivity index (χ0n) is 6.75. The van der Waals surface area contributed by atoms with Crippen LogP contribution >= 0.6 is 0 Å². The van der Waals surface area contributed by atoms with E-state index >= 15 is 0 Å². The Morgan fingerprint density at radius 2 is 1.36 bits per heavy atom. The van der Waals surface area contributed by atoms with Crippen LogP contribution in [0.25, 0.3) is 0 Å². The molecule has 0 spiro atoms. The van der Waals surface area contributed by atoms with E-state index in [2.05, 4.69) is 5.84 Å². The molecular formula is C5H6F6N2O. The zero-order chi connectivity index (χ0) is 11.8. The Labute approximate surface area is 74.2 Å². The van der Waals surface area contributed by atoms with Gasteiger partial charge in [-0.15, -0.1) is 0 Å². The van der Waals surface area contributed by atoms with E-state index in [1.807, 2.05) is 0 Å². The number of carbonyl (C=O) groups is 1. The van der Waals surface area contributed by atoms with Crippen molar-refractivity contribution in [1.29, 1.82) is 0 Å². The van der Waals surface area contributed by atoms with E-state index in [1.165, 1.54) is 0 Å². The minimum atomic E-state index is -5.76. The molecule has 0 radical (unpaired) electrons. The summed E-state index contributed by atoms with van der Waals surface area (Å²) < 4.78 is 72.0. The first-order chi connectivity index (χ1) is 5.98. The maximum absolute atomic E-state index is 12.0. The number of rotatable bonds is 1. The summed E-state index contributed by atoms with van der Waals surface area (Å²) in [5.41, 5.74) is -3.65. The molecule has 14 heavy (non-hydrogen) atoms. The molecule has 0 atom stereocenters. The van der Waals surface area contributed by atoms with Gasteiger partial charge in [0, 0.05) is 0 Å². The molecule has 0 saturated heterocycles. The minimum Gasteiger partial charge on any atom is -0.293 e. The molecule has 1 amide bonds. The van der Waals surface area contributed by atoms with E-state index in [-0.39, 0.29) is 6.92 Å². The van der Waals surface area contributed by atoms with Crippen molar-refractivity contribution in [3.63, 3.8) is 0 Å². The highest BCUT2D eigenvalue weighted by atomic mass is 19.4. The lowest BCUT2D eigenvalue weighted by Gasteiger charge is -2.31. The normalized spacial score (nSPS) is 14.0. The van der Waals surface area contributed by atoms with Gasteiger partial charge in [0.25, 0.3) is 5.91 Å². The second kappa shape index (κ2) is 3.30. The molecule has 0 fully saturated rings. The van der Waals surface area contributed by atoms with Crippen molar-refractivity contribution in [1.82, 2.24) is 5.43 Å². The number of amides is 1. The molecule has 0 bridgehead atoms. The molecule has 9 heteroatoms. The van der Waals surface area contributed by atoms with Crippen LogP contribution in [0.1, 0.15) is 6.92 Å². The van der Waals surface area contributed by atoms with Gasteiger partial charge >= 0.3 is 12.4 Å². The minimum absolute atomic E-state index is 0.283. The van der Waals surface area contributed by atoms with Crippen LogP contribution in [0, 0.1) is 5.41 Å². The summed E-state index contributed by atoms with van der Waals surface area (Å²) >= 11 is 0. The van der Waals surface area contributed by atoms with Gasteiger partial charge in [0.15, 0.2) is 0 Å². The summed E-state index contributed by atoms with van der Waals surface area (Å²) in [6, 6.07) is 0.